The number of H-pyrrole nitrogens is 1. The Labute approximate surface area is 686 Å². The summed E-state index contributed by atoms with van der Waals surface area (Å²) in [6.07, 6.45) is 1.16. The van der Waals surface area contributed by atoms with E-state index in [-0.39, 0.29) is 99.4 Å². The molecular formula is C72H96N22O19S4. The SMILES string of the molecule is C[C@@H]1NC(=O)[C@@H]2CCCN2C(=O)[C@H](Cc2c[nH]cn2)NC(=O)[C@@H]2CSSC[C@@H](C(N)=O)NC(=O)C(CO)NC(=O)C(Cc3ccc(O)cc3)NC(=O)[C@H](CC(N)=O)NC(=O)[C@H](CCCCNC(=O)c3ccc(C(=O)c4ccccc4)cc3)NC(=O)CNC(=O)[C@H](CSSC[C@H](NC(=O)[C@H](CCCNC(=N)N)NC(=O)CN)C(=O)N2)NC1=O. The van der Waals surface area contributed by atoms with Crippen LogP contribution >= 0.6 is 43.2 Å². The predicted octanol–water partition coefficient (Wildman–Crippen LogP) is -6.44. The number of nitrogens with two attached hydrogens (primary N) is 4. The number of nitrogens with zero attached hydrogens (tertiary/aromatic N) is 2. The number of aliphatic hydroxyl groups excluding tert-OH is 1. The third-order valence-electron chi connectivity index (χ3n) is 18.2. The van der Waals surface area contributed by atoms with E-state index in [4.69, 9.17) is 28.3 Å². The third-order valence-corrected chi connectivity index (χ3v) is 23.1. The number of amides is 16. The highest BCUT2D eigenvalue weighted by Gasteiger charge is 2.42. The molecule has 16 amide bonds. The van der Waals surface area contributed by atoms with E-state index in [1.807, 2.05) is 0 Å². The van der Waals surface area contributed by atoms with Crippen molar-refractivity contribution in [3.8, 4) is 5.75 Å². The number of rotatable bonds is 24. The van der Waals surface area contributed by atoms with Crippen LogP contribution in [-0.2, 0) is 84.8 Å². The number of primary amides is 2. The Morgan fingerprint density at radius 2 is 1.22 bits per heavy atom. The molecule has 3 fully saturated rings. The smallest absolute Gasteiger partial charge is 0.251 e. The largest absolute Gasteiger partial charge is 0.508 e. The van der Waals surface area contributed by atoms with Crippen LogP contribution in [0.3, 0.4) is 0 Å². The van der Waals surface area contributed by atoms with Gasteiger partial charge >= 0.3 is 0 Å². The minimum absolute atomic E-state index is 0.0152. The molecule has 2 bridgehead atoms. The highest BCUT2D eigenvalue weighted by atomic mass is 33.1. The van der Waals surface area contributed by atoms with E-state index < -0.39 is 229 Å². The van der Waals surface area contributed by atoms with Crippen LogP contribution in [0, 0.1) is 5.41 Å². The number of aromatic nitrogens is 2. The summed E-state index contributed by atoms with van der Waals surface area (Å²) in [5, 5.41) is 63.6. The first-order valence-corrected chi connectivity index (χ1v) is 42.0. The number of aromatic hydroxyl groups is 1. The number of imidazole rings is 1. The number of hydrogen-bond acceptors (Lipinski definition) is 26. The summed E-state index contributed by atoms with van der Waals surface area (Å²) < 4.78 is 0. The summed E-state index contributed by atoms with van der Waals surface area (Å²) in [5.74, 6) is -18.9. The van der Waals surface area contributed by atoms with E-state index in [1.54, 1.807) is 30.3 Å². The average Bonchev–Trinajstić information content (AvgIpc) is 1.73. The molecule has 0 aliphatic carbocycles. The Morgan fingerprint density at radius 1 is 0.615 bits per heavy atom. The number of guanidine groups is 1. The number of carbonyl (C=O) groups excluding carboxylic acids is 17. The molecule has 7 rings (SSSR count). The predicted molar refractivity (Wildman–Crippen MR) is 429 cm³/mol. The van der Waals surface area contributed by atoms with Gasteiger partial charge in [0.1, 0.15) is 78.3 Å². The number of aromatic amines is 1. The van der Waals surface area contributed by atoms with Crippen LogP contribution in [0.4, 0.5) is 0 Å². The maximum absolute atomic E-state index is 15.1. The van der Waals surface area contributed by atoms with Crippen LogP contribution < -0.4 is 97.4 Å². The second kappa shape index (κ2) is 46.9. The second-order valence-corrected chi connectivity index (χ2v) is 32.2. The molecule has 4 heterocycles. The lowest BCUT2D eigenvalue weighted by atomic mass is 10.0. The summed E-state index contributed by atoms with van der Waals surface area (Å²) in [6.45, 7) is -1.44. The lowest BCUT2D eigenvalue weighted by Gasteiger charge is -2.31. The number of nitrogens with one attached hydrogen (secondary N) is 16. The van der Waals surface area contributed by atoms with Crippen molar-refractivity contribution in [1.82, 2.24) is 89.3 Å². The van der Waals surface area contributed by atoms with Crippen LogP contribution in [0.1, 0.15) is 95.8 Å². The molecule has 12 atom stereocenters. The number of unbranched alkanes of at least 4 members (excludes halogenated alkanes) is 1. The third kappa shape index (κ3) is 29.9. The van der Waals surface area contributed by atoms with Crippen LogP contribution in [0.2, 0.25) is 0 Å². The summed E-state index contributed by atoms with van der Waals surface area (Å²) in [7, 11) is 3.27. The van der Waals surface area contributed by atoms with Gasteiger partial charge in [0.25, 0.3) is 5.91 Å². The molecule has 3 aromatic carbocycles. The summed E-state index contributed by atoms with van der Waals surface area (Å²) in [4.78, 5) is 248. The Hall–Kier alpha value is -11.5. The molecule has 117 heavy (non-hydrogen) atoms. The van der Waals surface area contributed by atoms with Gasteiger partial charge in [-0.05, 0) is 81.7 Å². The maximum atomic E-state index is 15.1. The van der Waals surface area contributed by atoms with Gasteiger partial charge < -0.3 is 117 Å². The minimum atomic E-state index is -1.95. The second-order valence-electron chi connectivity index (χ2n) is 27.1. The Kier molecular flexibility index (Phi) is 37.1. The average molecular weight is 1700 g/mol. The molecule has 4 aromatic rings. The molecule has 1 aromatic heterocycles. The zero-order valence-corrected chi connectivity index (χ0v) is 66.7. The van der Waals surface area contributed by atoms with Gasteiger partial charge in [-0.15, -0.1) is 0 Å². The van der Waals surface area contributed by atoms with Crippen molar-refractivity contribution in [2.24, 2.45) is 22.9 Å². The number of fused-ring (bicyclic) bond motifs is 9. The summed E-state index contributed by atoms with van der Waals surface area (Å²) in [6, 6.07) is -0.141. The van der Waals surface area contributed by atoms with Crippen molar-refractivity contribution in [1.29, 1.82) is 5.41 Å². The minimum Gasteiger partial charge on any atom is -0.508 e. The Balaban J connectivity index is 1.27. The highest BCUT2D eigenvalue weighted by Crippen LogP contribution is 2.27. The van der Waals surface area contributed by atoms with E-state index in [0.717, 1.165) is 43.2 Å². The molecule has 45 heteroatoms. The van der Waals surface area contributed by atoms with Gasteiger partial charge in [-0.25, -0.2) is 4.98 Å². The molecule has 26 N–H and O–H groups in total. The van der Waals surface area contributed by atoms with Gasteiger partial charge in [-0.1, -0.05) is 97.8 Å². The lowest BCUT2D eigenvalue weighted by Crippen LogP contribution is -2.61. The van der Waals surface area contributed by atoms with Crippen LogP contribution in [-0.4, -0.2) is 266 Å². The van der Waals surface area contributed by atoms with E-state index >= 15 is 9.59 Å². The van der Waals surface area contributed by atoms with E-state index in [9.17, 15) is 82.1 Å². The molecule has 0 radical (unpaired) electrons. The molecule has 0 saturated carbocycles. The molecule has 3 aliphatic heterocycles. The number of aliphatic hydroxyl groups is 1. The number of benzene rings is 3. The van der Waals surface area contributed by atoms with Gasteiger partial charge in [-0.2, -0.15) is 0 Å². The number of hydrogen-bond donors (Lipinski definition) is 22. The van der Waals surface area contributed by atoms with Crippen molar-refractivity contribution in [2.75, 3.05) is 62.3 Å². The van der Waals surface area contributed by atoms with E-state index in [1.165, 1.54) is 72.9 Å². The maximum Gasteiger partial charge on any atom is 0.251 e. The zero-order valence-electron chi connectivity index (χ0n) is 63.4. The quantitative estimate of drug-likeness (QED) is 0.0102. The molecule has 3 aliphatic rings. The van der Waals surface area contributed by atoms with Gasteiger partial charge in [0.05, 0.1) is 38.1 Å². The van der Waals surface area contributed by atoms with Gasteiger partial charge in [0.15, 0.2) is 11.7 Å². The fourth-order valence-corrected chi connectivity index (χ4v) is 16.6. The Morgan fingerprint density at radius 3 is 1.88 bits per heavy atom. The first-order valence-electron chi connectivity index (χ1n) is 37.0. The van der Waals surface area contributed by atoms with Crippen molar-refractivity contribution in [3.05, 3.63) is 119 Å². The molecule has 632 valence electrons. The van der Waals surface area contributed by atoms with Crippen molar-refractivity contribution in [2.45, 2.75) is 144 Å². The lowest BCUT2D eigenvalue weighted by molar-refractivity contribution is -0.142. The first kappa shape index (κ1) is 92.6. The monoisotopic (exact) mass is 1700 g/mol. The Bertz CT molecular complexity index is 4220. The van der Waals surface area contributed by atoms with Gasteiger partial charge in [-0.3, -0.25) is 86.9 Å². The van der Waals surface area contributed by atoms with Crippen LogP contribution in [0.15, 0.2) is 91.4 Å². The molecule has 41 nitrogen and oxygen atoms in total. The van der Waals surface area contributed by atoms with E-state index in [2.05, 4.69) is 84.4 Å². The molecular weight excluding hydrogens is 1610 g/mol. The highest BCUT2D eigenvalue weighted by molar-refractivity contribution is 8.77. The molecule has 0 spiro atoms. The number of phenols is 1. The number of carbonyl (C=O) groups is 17. The zero-order chi connectivity index (χ0) is 85.3. The number of phenolic OH excluding ortho intramolecular Hbond substituents is 1. The van der Waals surface area contributed by atoms with E-state index in [0.29, 0.717) is 11.1 Å². The first-order chi connectivity index (χ1) is 55.9. The molecule has 3 saturated heterocycles. The fourth-order valence-electron chi connectivity index (χ4n) is 11.9. The van der Waals surface area contributed by atoms with Crippen molar-refractivity contribution < 1.29 is 91.7 Å². The summed E-state index contributed by atoms with van der Waals surface area (Å²) in [5.41, 5.74) is 24.0. The molecule has 2 unspecified atom stereocenters. The van der Waals surface area contributed by atoms with Crippen LogP contribution in [0.5, 0.6) is 5.75 Å². The normalized spacial score (nSPS) is 23.3. The summed E-state index contributed by atoms with van der Waals surface area (Å²) >= 11 is 0. The van der Waals surface area contributed by atoms with Gasteiger partial charge in [0, 0.05) is 78.4 Å². The van der Waals surface area contributed by atoms with Crippen molar-refractivity contribution in [3.63, 3.8) is 0 Å². The van der Waals surface area contributed by atoms with Crippen molar-refractivity contribution >= 4 is 149 Å². The standard InChI is InChI=1S/C72H96N22O19S4/c1-37-60(102)91-51-33-115-117-35-53(92-64(106)45(84-56(98)28-73)12-7-23-80-72(76)77)69(111)93-52(68(110)88-48(26-42-29-78-36-82-42)71(113)94-24-8-13-54(94)70(112)83-37)34-116-114-32-50(59(75)101)90-67(109)49(31-95)89-65(107)46(25-38-14-20-43(96)21-15-38)86-66(108)47(27-55(74)97)87-63(105)44(85-57(99)30-81-62(51)104)11-5-6-22-79-61(103)41-18-16-40(17-19-41)58(100)39-9-3-2-4-10-39/h2-4,9-10,14-21,29,36-37,44-54,95-96H,5-8,11-13,22-28,30-35,73H2,1H3,(H2,74,97)(H2,75,101)(H,78,82)(H,79,103)(H,81,104)(H,83,112)(H,84,98)(H,85,99)(H,86,108)(H,87,105)(H,88,110)(H,89,107)(H,90,109)(H,91,102)(H,92,106)(H,93,111)(H4,76,77,80)/t37-,44-,45-,46?,47-,48-,49?,50-,51-,52-,53-,54-/m0/s1. The fraction of sp³-hybridized carbons (Fsp3) is 0.458. The van der Waals surface area contributed by atoms with Gasteiger partial charge in [0.2, 0.25) is 88.6 Å². The topological polar surface area (TPSA) is 659 Å². The number of ketones is 1. The van der Waals surface area contributed by atoms with Crippen LogP contribution in [0.25, 0.3) is 0 Å².